The molecule has 0 unspecified atom stereocenters. The second-order valence-corrected chi connectivity index (χ2v) is 4.70. The normalized spacial score (nSPS) is 11.5. The number of anilines is 1. The van der Waals surface area contributed by atoms with Crippen LogP contribution in [0.2, 0.25) is 0 Å². The first-order valence-electron chi connectivity index (χ1n) is 6.32. The van der Waals surface area contributed by atoms with E-state index in [1.807, 2.05) is 30.3 Å². The molecule has 104 valence electrons. The van der Waals surface area contributed by atoms with E-state index in [2.05, 4.69) is 34.7 Å². The van der Waals surface area contributed by atoms with Gasteiger partial charge in [-0.2, -0.15) is 0 Å². The fourth-order valence-corrected chi connectivity index (χ4v) is 2.12. The molecule has 1 heterocycles. The molecule has 0 aliphatic carbocycles. The highest BCUT2D eigenvalue weighted by Crippen LogP contribution is 2.20. The molecule has 0 saturated carbocycles. The number of ether oxygens (including phenoxy) is 1. The Hall–Kier alpha value is -2.14. The lowest BCUT2D eigenvalue weighted by Crippen LogP contribution is -2.31. The van der Waals surface area contributed by atoms with Crippen LogP contribution in [0.5, 0.6) is 5.88 Å². The number of pyridine rings is 1. The maximum absolute atomic E-state index is 5.31. The minimum absolute atomic E-state index is 0.124. The Morgan fingerprint density at radius 3 is 2.65 bits per heavy atom. The van der Waals surface area contributed by atoms with E-state index >= 15 is 0 Å². The van der Waals surface area contributed by atoms with Crippen LogP contribution in [0.25, 0.3) is 0 Å². The topological polar surface area (TPSA) is 46.2 Å². The molecule has 1 atom stereocenters. The molecule has 2 N–H and O–H groups in total. The van der Waals surface area contributed by atoms with Crippen molar-refractivity contribution in [2.45, 2.75) is 13.0 Å². The zero-order valence-electron chi connectivity index (χ0n) is 11.5. The Bertz CT molecular complexity index is 574. The van der Waals surface area contributed by atoms with Crippen LogP contribution in [0, 0.1) is 0 Å². The molecule has 5 heteroatoms. The van der Waals surface area contributed by atoms with Crippen LogP contribution in [0.15, 0.2) is 48.7 Å². The number of nitrogens with zero attached hydrogens (tertiary/aromatic N) is 1. The van der Waals surface area contributed by atoms with Crippen molar-refractivity contribution in [3.05, 3.63) is 54.2 Å². The fraction of sp³-hybridized carbons (Fsp3) is 0.200. The summed E-state index contributed by atoms with van der Waals surface area (Å²) in [6.45, 7) is 2.06. The number of rotatable bonds is 4. The zero-order chi connectivity index (χ0) is 14.4. The molecule has 2 rings (SSSR count). The van der Waals surface area contributed by atoms with Crippen LogP contribution >= 0.6 is 12.2 Å². The van der Waals surface area contributed by atoms with Crippen molar-refractivity contribution in [3.63, 3.8) is 0 Å². The highest BCUT2D eigenvalue weighted by Gasteiger charge is 2.09. The summed E-state index contributed by atoms with van der Waals surface area (Å²) in [5.74, 6) is 0.518. The van der Waals surface area contributed by atoms with Gasteiger partial charge >= 0.3 is 0 Å². The number of thiocarbonyl (C=S) groups is 1. The lowest BCUT2D eigenvalue weighted by molar-refractivity contribution is 0.400. The van der Waals surface area contributed by atoms with E-state index in [9.17, 15) is 0 Å². The molecule has 4 nitrogen and oxygen atoms in total. The van der Waals surface area contributed by atoms with Crippen LogP contribution in [0.4, 0.5) is 5.69 Å². The first-order chi connectivity index (χ1) is 9.70. The van der Waals surface area contributed by atoms with E-state index < -0.39 is 0 Å². The average molecular weight is 287 g/mol. The van der Waals surface area contributed by atoms with Gasteiger partial charge in [0.2, 0.25) is 5.88 Å². The van der Waals surface area contributed by atoms with Gasteiger partial charge in [-0.15, -0.1) is 0 Å². The Morgan fingerprint density at radius 2 is 1.95 bits per heavy atom. The van der Waals surface area contributed by atoms with E-state index in [0.29, 0.717) is 11.0 Å². The minimum Gasteiger partial charge on any atom is -0.480 e. The van der Waals surface area contributed by atoms with Gasteiger partial charge in [0.15, 0.2) is 5.11 Å². The molecular formula is C15H17N3OS. The van der Waals surface area contributed by atoms with Crippen LogP contribution < -0.4 is 15.4 Å². The first-order valence-corrected chi connectivity index (χ1v) is 6.73. The quantitative estimate of drug-likeness (QED) is 0.846. The molecule has 0 amide bonds. The summed E-state index contributed by atoms with van der Waals surface area (Å²) in [4.78, 5) is 4.12. The summed E-state index contributed by atoms with van der Waals surface area (Å²) in [6, 6.07) is 13.9. The molecule has 0 spiro atoms. The van der Waals surface area contributed by atoms with Gasteiger partial charge in [-0.25, -0.2) is 4.98 Å². The van der Waals surface area contributed by atoms with E-state index in [4.69, 9.17) is 17.0 Å². The van der Waals surface area contributed by atoms with Gasteiger partial charge < -0.3 is 15.4 Å². The van der Waals surface area contributed by atoms with Crippen LogP contribution in [-0.2, 0) is 0 Å². The number of hydrogen-bond acceptors (Lipinski definition) is 3. The summed E-state index contributed by atoms with van der Waals surface area (Å²) in [6.07, 6.45) is 1.67. The Kier molecular flexibility index (Phi) is 4.90. The summed E-state index contributed by atoms with van der Waals surface area (Å²) >= 11 is 5.31. The first kappa shape index (κ1) is 14.3. The van der Waals surface area contributed by atoms with Gasteiger partial charge in [0.1, 0.15) is 5.69 Å². The van der Waals surface area contributed by atoms with Crippen LogP contribution in [-0.4, -0.2) is 17.2 Å². The molecule has 1 aromatic carbocycles. The molecule has 0 bridgehead atoms. The third-order valence-corrected chi connectivity index (χ3v) is 3.08. The van der Waals surface area contributed by atoms with E-state index in [1.54, 1.807) is 13.3 Å². The number of aromatic nitrogens is 1. The Labute approximate surface area is 124 Å². The predicted octanol–water partition coefficient (Wildman–Crippen LogP) is 3.14. The van der Waals surface area contributed by atoms with Crippen molar-refractivity contribution >= 4 is 23.0 Å². The number of methoxy groups -OCH3 is 1. The minimum atomic E-state index is 0.124. The smallest absolute Gasteiger partial charge is 0.237 e. The second-order valence-electron chi connectivity index (χ2n) is 4.29. The molecule has 0 fully saturated rings. The number of benzene rings is 1. The second kappa shape index (κ2) is 6.86. The van der Waals surface area contributed by atoms with Gasteiger partial charge in [-0.1, -0.05) is 30.3 Å². The third kappa shape index (κ3) is 3.68. The van der Waals surface area contributed by atoms with Crippen molar-refractivity contribution in [1.82, 2.24) is 10.3 Å². The van der Waals surface area contributed by atoms with Gasteiger partial charge in [-0.05, 0) is 36.8 Å². The molecule has 0 radical (unpaired) electrons. The van der Waals surface area contributed by atoms with Crippen LogP contribution in [0.1, 0.15) is 18.5 Å². The van der Waals surface area contributed by atoms with E-state index in [0.717, 1.165) is 5.69 Å². The largest absolute Gasteiger partial charge is 0.480 e. The van der Waals surface area contributed by atoms with E-state index in [1.165, 1.54) is 5.56 Å². The number of hydrogen-bond donors (Lipinski definition) is 2. The maximum Gasteiger partial charge on any atom is 0.237 e. The molecule has 2 aromatic rings. The van der Waals surface area contributed by atoms with E-state index in [-0.39, 0.29) is 6.04 Å². The van der Waals surface area contributed by atoms with Crippen molar-refractivity contribution in [2.75, 3.05) is 12.4 Å². The molecule has 20 heavy (non-hydrogen) atoms. The summed E-state index contributed by atoms with van der Waals surface area (Å²) in [5.41, 5.74) is 1.92. The molecule has 1 aromatic heterocycles. The highest BCUT2D eigenvalue weighted by molar-refractivity contribution is 7.80. The molecular weight excluding hydrogens is 270 g/mol. The monoisotopic (exact) mass is 287 g/mol. The Balaban J connectivity index is 1.99. The molecule has 0 aliphatic rings. The molecule has 0 aliphatic heterocycles. The summed E-state index contributed by atoms with van der Waals surface area (Å²) in [5, 5.41) is 6.86. The summed E-state index contributed by atoms with van der Waals surface area (Å²) in [7, 11) is 1.58. The lowest BCUT2D eigenvalue weighted by Gasteiger charge is -2.18. The lowest BCUT2D eigenvalue weighted by atomic mass is 10.1. The standard InChI is InChI=1S/C15H17N3OS/c1-11(12-7-4-3-5-8-12)17-15(20)18-13-9-6-10-16-14(13)19-2/h3-11H,1-2H3,(H2,17,18,20)/t11-/m0/s1. The maximum atomic E-state index is 5.31. The SMILES string of the molecule is COc1ncccc1NC(=S)N[C@@H](C)c1ccccc1. The highest BCUT2D eigenvalue weighted by atomic mass is 32.1. The zero-order valence-corrected chi connectivity index (χ0v) is 12.3. The molecule has 0 saturated heterocycles. The number of nitrogens with one attached hydrogen (secondary N) is 2. The van der Waals surface area contributed by atoms with Crippen LogP contribution in [0.3, 0.4) is 0 Å². The van der Waals surface area contributed by atoms with Gasteiger partial charge in [0, 0.05) is 6.20 Å². The van der Waals surface area contributed by atoms with Gasteiger partial charge in [0.05, 0.1) is 13.2 Å². The van der Waals surface area contributed by atoms with Gasteiger partial charge in [0.25, 0.3) is 0 Å². The van der Waals surface area contributed by atoms with Crippen molar-refractivity contribution in [1.29, 1.82) is 0 Å². The van der Waals surface area contributed by atoms with Crippen molar-refractivity contribution in [3.8, 4) is 5.88 Å². The predicted molar refractivity (Wildman–Crippen MR) is 85.0 cm³/mol. The van der Waals surface area contributed by atoms with Crippen molar-refractivity contribution < 1.29 is 4.74 Å². The Morgan fingerprint density at radius 1 is 1.20 bits per heavy atom. The van der Waals surface area contributed by atoms with Gasteiger partial charge in [-0.3, -0.25) is 0 Å². The third-order valence-electron chi connectivity index (χ3n) is 2.86. The summed E-state index contributed by atoms with van der Waals surface area (Å²) < 4.78 is 5.17. The average Bonchev–Trinajstić information content (AvgIpc) is 2.48. The fourth-order valence-electron chi connectivity index (χ4n) is 1.83. The van der Waals surface area contributed by atoms with Crippen molar-refractivity contribution in [2.24, 2.45) is 0 Å².